The third kappa shape index (κ3) is 4.13. The summed E-state index contributed by atoms with van der Waals surface area (Å²) in [5.41, 5.74) is 0.864. The summed E-state index contributed by atoms with van der Waals surface area (Å²) in [7, 11) is 1.47. The summed E-state index contributed by atoms with van der Waals surface area (Å²) in [4.78, 5) is 24.3. The number of carboxylic acids is 1. The average Bonchev–Trinajstić information content (AvgIpc) is 2.38. The highest BCUT2D eigenvalue weighted by molar-refractivity contribution is 6.30. The van der Waals surface area contributed by atoms with Crippen molar-refractivity contribution in [2.45, 2.75) is 32.4 Å². The molecule has 0 radical (unpaired) electrons. The Kier molecular flexibility index (Phi) is 5.82. The van der Waals surface area contributed by atoms with Gasteiger partial charge in [-0.05, 0) is 31.0 Å². The number of carboxylic acid groups (broad SMARTS) is 1. The molecule has 2 unspecified atom stereocenters. The third-order valence-corrected chi connectivity index (χ3v) is 3.38. The van der Waals surface area contributed by atoms with Gasteiger partial charge in [-0.1, -0.05) is 30.7 Å². The molecule has 1 aromatic rings. The van der Waals surface area contributed by atoms with Crippen LogP contribution in [0.4, 0.5) is 4.79 Å². The Balaban J connectivity index is 2.72. The Labute approximate surface area is 123 Å². The van der Waals surface area contributed by atoms with Crippen LogP contribution in [0.25, 0.3) is 0 Å². The van der Waals surface area contributed by atoms with Crippen molar-refractivity contribution >= 4 is 23.6 Å². The second-order valence-electron chi connectivity index (χ2n) is 4.60. The molecule has 20 heavy (non-hydrogen) atoms. The molecule has 2 N–H and O–H groups in total. The van der Waals surface area contributed by atoms with Gasteiger partial charge in [-0.15, -0.1) is 0 Å². The van der Waals surface area contributed by atoms with E-state index in [1.807, 2.05) is 13.0 Å². The van der Waals surface area contributed by atoms with E-state index in [4.69, 9.17) is 16.7 Å². The maximum atomic E-state index is 12.0. The summed E-state index contributed by atoms with van der Waals surface area (Å²) < 4.78 is 0. The second-order valence-corrected chi connectivity index (χ2v) is 5.04. The summed E-state index contributed by atoms with van der Waals surface area (Å²) in [5.74, 6) is -1.01. The highest BCUT2D eigenvalue weighted by Gasteiger charge is 2.25. The summed E-state index contributed by atoms with van der Waals surface area (Å²) in [5, 5.41) is 12.4. The van der Waals surface area contributed by atoms with E-state index >= 15 is 0 Å². The minimum absolute atomic E-state index is 0.255. The molecule has 0 aliphatic carbocycles. The predicted molar refractivity (Wildman–Crippen MR) is 77.9 cm³/mol. The van der Waals surface area contributed by atoms with E-state index in [1.165, 1.54) is 11.9 Å². The van der Waals surface area contributed by atoms with Crippen molar-refractivity contribution in [2.24, 2.45) is 0 Å². The number of carbonyl (C=O) groups excluding carboxylic acids is 1. The maximum Gasteiger partial charge on any atom is 0.326 e. The molecule has 110 valence electrons. The molecule has 0 heterocycles. The second kappa shape index (κ2) is 7.14. The minimum atomic E-state index is -1.01. The van der Waals surface area contributed by atoms with Gasteiger partial charge in [0.1, 0.15) is 6.04 Å². The van der Waals surface area contributed by atoms with E-state index in [0.29, 0.717) is 11.4 Å². The molecule has 0 aromatic heterocycles. The van der Waals surface area contributed by atoms with Crippen LogP contribution in [0.2, 0.25) is 5.02 Å². The topological polar surface area (TPSA) is 69.6 Å². The first kappa shape index (κ1) is 16.3. The molecule has 2 atom stereocenters. The summed E-state index contributed by atoms with van der Waals surface area (Å²) in [6.07, 6.45) is 0.352. The van der Waals surface area contributed by atoms with Crippen molar-refractivity contribution in [2.75, 3.05) is 7.05 Å². The Morgan fingerprint density at radius 2 is 2.10 bits per heavy atom. The number of rotatable bonds is 5. The van der Waals surface area contributed by atoms with Crippen molar-refractivity contribution in [3.63, 3.8) is 0 Å². The number of likely N-dealkylation sites (N-methyl/N-ethyl adjacent to an activating group) is 1. The first-order chi connectivity index (χ1) is 9.36. The fourth-order valence-electron chi connectivity index (χ4n) is 1.90. The van der Waals surface area contributed by atoms with Gasteiger partial charge in [0, 0.05) is 12.1 Å². The molecule has 0 saturated carbocycles. The smallest absolute Gasteiger partial charge is 0.326 e. The van der Waals surface area contributed by atoms with E-state index < -0.39 is 18.0 Å². The largest absolute Gasteiger partial charge is 0.480 e. The van der Waals surface area contributed by atoms with Gasteiger partial charge in [-0.3, -0.25) is 0 Å². The van der Waals surface area contributed by atoms with Crippen LogP contribution >= 0.6 is 11.6 Å². The van der Waals surface area contributed by atoms with E-state index in [9.17, 15) is 9.59 Å². The molecule has 1 aromatic carbocycles. The van der Waals surface area contributed by atoms with Crippen LogP contribution in [0.1, 0.15) is 31.9 Å². The summed E-state index contributed by atoms with van der Waals surface area (Å²) >= 11 is 5.90. The zero-order valence-corrected chi connectivity index (χ0v) is 12.5. The molecule has 5 nitrogen and oxygen atoms in total. The number of carbonyl (C=O) groups is 2. The molecule has 0 aliphatic heterocycles. The first-order valence-electron chi connectivity index (χ1n) is 6.38. The highest BCUT2D eigenvalue weighted by Crippen LogP contribution is 2.17. The van der Waals surface area contributed by atoms with Crippen molar-refractivity contribution in [3.05, 3.63) is 34.9 Å². The van der Waals surface area contributed by atoms with Crippen molar-refractivity contribution in [1.82, 2.24) is 10.2 Å². The van der Waals surface area contributed by atoms with Crippen LogP contribution in [0.3, 0.4) is 0 Å². The summed E-state index contributed by atoms with van der Waals surface area (Å²) in [6.45, 7) is 3.54. The standard InChI is InChI=1S/C14H19ClN2O3/c1-4-12(13(18)19)17(3)14(20)16-9(2)10-6-5-7-11(15)8-10/h5-9,12H,4H2,1-3H3,(H,16,20)(H,18,19). The van der Waals surface area contributed by atoms with Gasteiger partial charge in [0.05, 0.1) is 6.04 Å². The molecule has 1 rings (SSSR count). The van der Waals surface area contributed by atoms with E-state index in [0.717, 1.165) is 5.56 Å². The number of hydrogen-bond donors (Lipinski definition) is 2. The van der Waals surface area contributed by atoms with Crippen molar-refractivity contribution < 1.29 is 14.7 Å². The zero-order chi connectivity index (χ0) is 15.3. The fraction of sp³-hybridized carbons (Fsp3) is 0.429. The number of hydrogen-bond acceptors (Lipinski definition) is 2. The molecule has 0 fully saturated rings. The van der Waals surface area contributed by atoms with Gasteiger partial charge in [0.2, 0.25) is 0 Å². The van der Waals surface area contributed by atoms with Crippen LogP contribution < -0.4 is 5.32 Å². The van der Waals surface area contributed by atoms with Crippen LogP contribution in [-0.4, -0.2) is 35.1 Å². The maximum absolute atomic E-state index is 12.0. The summed E-state index contributed by atoms with van der Waals surface area (Å²) in [6, 6.07) is 5.66. The van der Waals surface area contributed by atoms with Gasteiger partial charge in [0.25, 0.3) is 0 Å². The number of amides is 2. The lowest BCUT2D eigenvalue weighted by Gasteiger charge is -2.26. The van der Waals surface area contributed by atoms with Gasteiger partial charge < -0.3 is 15.3 Å². The van der Waals surface area contributed by atoms with Crippen molar-refractivity contribution in [3.8, 4) is 0 Å². The fourth-order valence-corrected chi connectivity index (χ4v) is 2.10. The normalized spacial score (nSPS) is 13.4. The molecule has 0 spiro atoms. The minimum Gasteiger partial charge on any atom is -0.480 e. The Morgan fingerprint density at radius 3 is 2.60 bits per heavy atom. The van der Waals surface area contributed by atoms with Crippen LogP contribution in [0, 0.1) is 0 Å². The van der Waals surface area contributed by atoms with Gasteiger partial charge in [0.15, 0.2) is 0 Å². The van der Waals surface area contributed by atoms with Crippen LogP contribution in [0.15, 0.2) is 24.3 Å². The number of benzene rings is 1. The highest BCUT2D eigenvalue weighted by atomic mass is 35.5. The number of halogens is 1. The van der Waals surface area contributed by atoms with Crippen molar-refractivity contribution in [1.29, 1.82) is 0 Å². The first-order valence-corrected chi connectivity index (χ1v) is 6.76. The lowest BCUT2D eigenvalue weighted by Crippen LogP contribution is -2.47. The van der Waals surface area contributed by atoms with Gasteiger partial charge >= 0.3 is 12.0 Å². The SMILES string of the molecule is CCC(C(=O)O)N(C)C(=O)NC(C)c1cccc(Cl)c1. The average molecular weight is 299 g/mol. The lowest BCUT2D eigenvalue weighted by molar-refractivity contribution is -0.141. The quantitative estimate of drug-likeness (QED) is 0.878. The monoisotopic (exact) mass is 298 g/mol. The van der Waals surface area contributed by atoms with E-state index in [2.05, 4.69) is 5.32 Å². The zero-order valence-electron chi connectivity index (χ0n) is 11.8. The lowest BCUT2D eigenvalue weighted by atomic mass is 10.1. The molecule has 2 amide bonds. The van der Waals surface area contributed by atoms with E-state index in [-0.39, 0.29) is 6.04 Å². The van der Waals surface area contributed by atoms with Crippen LogP contribution in [-0.2, 0) is 4.79 Å². The number of nitrogens with zero attached hydrogens (tertiary/aromatic N) is 1. The Morgan fingerprint density at radius 1 is 1.45 bits per heavy atom. The third-order valence-electron chi connectivity index (χ3n) is 3.15. The molecule has 6 heteroatoms. The number of urea groups is 1. The molecular formula is C14H19ClN2O3. The molecule has 0 aliphatic rings. The van der Waals surface area contributed by atoms with Gasteiger partial charge in [-0.2, -0.15) is 0 Å². The molecule has 0 bridgehead atoms. The molecular weight excluding hydrogens is 280 g/mol. The molecule has 0 saturated heterocycles. The van der Waals surface area contributed by atoms with Gasteiger partial charge in [-0.25, -0.2) is 9.59 Å². The van der Waals surface area contributed by atoms with Crippen LogP contribution in [0.5, 0.6) is 0 Å². The number of nitrogens with one attached hydrogen (secondary N) is 1. The van der Waals surface area contributed by atoms with E-state index in [1.54, 1.807) is 25.1 Å². The number of aliphatic carboxylic acids is 1. The Bertz CT molecular complexity index is 493. The Hall–Kier alpha value is -1.75. The predicted octanol–water partition coefficient (Wildman–Crippen LogP) is 2.91.